The molecule has 3 rings (SSSR count). The molecule has 2 heterocycles. The Morgan fingerprint density at radius 2 is 2.07 bits per heavy atom. The third-order valence-corrected chi connectivity index (χ3v) is 4.73. The van der Waals surface area contributed by atoms with Gasteiger partial charge in [-0.15, -0.1) is 0 Å². The van der Waals surface area contributed by atoms with Crippen molar-refractivity contribution in [2.24, 2.45) is 5.92 Å². The number of carbonyl (C=O) groups excluding carboxylic acids is 1. The van der Waals surface area contributed by atoms with Gasteiger partial charge in [-0.25, -0.2) is 0 Å². The molecule has 1 fully saturated rings. The zero-order valence-electron chi connectivity index (χ0n) is 16.4. The molecule has 6 nitrogen and oxygen atoms in total. The van der Waals surface area contributed by atoms with Crippen LogP contribution in [0.1, 0.15) is 42.1 Å². The van der Waals surface area contributed by atoms with Crippen molar-refractivity contribution < 1.29 is 14.1 Å². The van der Waals surface area contributed by atoms with Crippen LogP contribution in [-0.2, 0) is 17.8 Å². The van der Waals surface area contributed by atoms with Crippen LogP contribution >= 0.6 is 0 Å². The topological polar surface area (TPSA) is 58.8 Å². The number of hydrogen-bond donors (Lipinski definition) is 0. The lowest BCUT2D eigenvalue weighted by atomic mass is 10.0. The number of rotatable bonds is 7. The molecule has 0 bridgehead atoms. The molecule has 6 heteroatoms. The summed E-state index contributed by atoms with van der Waals surface area (Å²) in [6.45, 7) is 7.51. The molecule has 27 heavy (non-hydrogen) atoms. The Hall–Kier alpha value is -2.18. The van der Waals surface area contributed by atoms with Crippen molar-refractivity contribution in [3.05, 3.63) is 53.4 Å². The Morgan fingerprint density at radius 3 is 2.81 bits per heavy atom. The SMILES string of the molecule is CC(C)C[C@H]1COCCN1C(=O)c1cc(CN(C)Cc2ccccc2)on1. The van der Waals surface area contributed by atoms with E-state index < -0.39 is 0 Å². The van der Waals surface area contributed by atoms with Gasteiger partial charge in [0.1, 0.15) is 0 Å². The maximum absolute atomic E-state index is 12.9. The van der Waals surface area contributed by atoms with Gasteiger partial charge in [-0.3, -0.25) is 9.69 Å². The first-order valence-electron chi connectivity index (χ1n) is 9.59. The first-order chi connectivity index (χ1) is 13.0. The predicted molar refractivity (Wildman–Crippen MR) is 103 cm³/mol. The van der Waals surface area contributed by atoms with Crippen molar-refractivity contribution in [3.8, 4) is 0 Å². The second-order valence-corrected chi connectivity index (χ2v) is 7.69. The maximum Gasteiger partial charge on any atom is 0.276 e. The number of morpholine rings is 1. The minimum atomic E-state index is -0.0651. The second-order valence-electron chi connectivity index (χ2n) is 7.69. The lowest BCUT2D eigenvalue weighted by molar-refractivity contribution is -0.00794. The molecule has 0 aliphatic carbocycles. The van der Waals surface area contributed by atoms with Crippen LogP contribution in [0, 0.1) is 5.92 Å². The monoisotopic (exact) mass is 371 g/mol. The largest absolute Gasteiger partial charge is 0.377 e. The predicted octanol–water partition coefficient (Wildman–Crippen LogP) is 3.19. The molecule has 1 aromatic heterocycles. The van der Waals surface area contributed by atoms with E-state index >= 15 is 0 Å². The highest BCUT2D eigenvalue weighted by molar-refractivity contribution is 5.92. The normalized spacial score (nSPS) is 17.7. The summed E-state index contributed by atoms with van der Waals surface area (Å²) in [4.78, 5) is 16.9. The first kappa shape index (κ1) is 19.6. The first-order valence-corrected chi connectivity index (χ1v) is 9.59. The van der Waals surface area contributed by atoms with E-state index in [1.165, 1.54) is 5.56 Å². The van der Waals surface area contributed by atoms with E-state index in [9.17, 15) is 4.79 Å². The third-order valence-electron chi connectivity index (χ3n) is 4.73. The molecule has 0 saturated carbocycles. The molecule has 1 aliphatic rings. The molecule has 1 atom stereocenters. The van der Waals surface area contributed by atoms with Crippen LogP contribution in [0.2, 0.25) is 0 Å². The van der Waals surface area contributed by atoms with Crippen LogP contribution in [-0.4, -0.2) is 53.7 Å². The summed E-state index contributed by atoms with van der Waals surface area (Å²) in [5, 5.41) is 4.03. The van der Waals surface area contributed by atoms with Crippen LogP contribution in [0.3, 0.4) is 0 Å². The molecule has 1 aliphatic heterocycles. The van der Waals surface area contributed by atoms with E-state index in [1.807, 2.05) is 30.1 Å². The fourth-order valence-corrected chi connectivity index (χ4v) is 3.51. The van der Waals surface area contributed by atoms with Crippen molar-refractivity contribution in [1.82, 2.24) is 15.0 Å². The van der Waals surface area contributed by atoms with Crippen molar-refractivity contribution in [2.75, 3.05) is 26.8 Å². The molecule has 0 N–H and O–H groups in total. The van der Waals surface area contributed by atoms with Gasteiger partial charge in [0.25, 0.3) is 5.91 Å². The lowest BCUT2D eigenvalue weighted by Gasteiger charge is -2.36. The highest BCUT2D eigenvalue weighted by Crippen LogP contribution is 2.19. The number of ether oxygens (including phenoxy) is 1. The van der Waals surface area contributed by atoms with E-state index in [4.69, 9.17) is 9.26 Å². The number of benzene rings is 1. The summed E-state index contributed by atoms with van der Waals surface area (Å²) in [5.41, 5.74) is 1.62. The molecule has 2 aromatic rings. The van der Waals surface area contributed by atoms with E-state index in [1.54, 1.807) is 6.07 Å². The van der Waals surface area contributed by atoms with Crippen LogP contribution in [0.4, 0.5) is 0 Å². The van der Waals surface area contributed by atoms with Crippen molar-refractivity contribution in [2.45, 2.75) is 39.4 Å². The minimum absolute atomic E-state index is 0.0651. The van der Waals surface area contributed by atoms with E-state index in [0.717, 1.165) is 13.0 Å². The molecule has 1 amide bonds. The number of nitrogens with zero attached hydrogens (tertiary/aromatic N) is 3. The number of hydrogen-bond acceptors (Lipinski definition) is 5. The van der Waals surface area contributed by atoms with Gasteiger partial charge in [-0.2, -0.15) is 0 Å². The standard InChI is InChI=1S/C21H29N3O3/c1-16(2)11-18-15-26-10-9-24(18)21(25)20-12-19(27-22-20)14-23(3)13-17-7-5-4-6-8-17/h4-8,12,16,18H,9-11,13-15H2,1-3H3/t18-/m0/s1. The molecule has 1 saturated heterocycles. The highest BCUT2D eigenvalue weighted by Gasteiger charge is 2.30. The highest BCUT2D eigenvalue weighted by atomic mass is 16.5. The van der Waals surface area contributed by atoms with Crippen LogP contribution in [0.15, 0.2) is 40.9 Å². The second kappa shape index (κ2) is 9.15. The molecule has 0 radical (unpaired) electrons. The van der Waals surface area contributed by atoms with Gasteiger partial charge in [0, 0.05) is 19.2 Å². The van der Waals surface area contributed by atoms with Crippen LogP contribution < -0.4 is 0 Å². The number of carbonyl (C=O) groups is 1. The lowest BCUT2D eigenvalue weighted by Crippen LogP contribution is -2.49. The van der Waals surface area contributed by atoms with Gasteiger partial charge < -0.3 is 14.2 Å². The average Bonchev–Trinajstić information content (AvgIpc) is 3.10. The molecular weight excluding hydrogens is 342 g/mol. The van der Waals surface area contributed by atoms with Crippen LogP contribution in [0.25, 0.3) is 0 Å². The van der Waals surface area contributed by atoms with E-state index in [2.05, 4.69) is 36.0 Å². The van der Waals surface area contributed by atoms with E-state index in [0.29, 0.717) is 43.7 Å². The Bertz CT molecular complexity index is 729. The number of aromatic nitrogens is 1. The van der Waals surface area contributed by atoms with Crippen molar-refractivity contribution >= 4 is 5.91 Å². The van der Waals surface area contributed by atoms with Gasteiger partial charge in [-0.1, -0.05) is 49.3 Å². The Labute approximate surface area is 161 Å². The Morgan fingerprint density at radius 1 is 1.30 bits per heavy atom. The fourth-order valence-electron chi connectivity index (χ4n) is 3.51. The summed E-state index contributed by atoms with van der Waals surface area (Å²) in [6.07, 6.45) is 0.927. The zero-order valence-corrected chi connectivity index (χ0v) is 16.4. The van der Waals surface area contributed by atoms with Gasteiger partial charge in [0.05, 0.1) is 25.8 Å². The minimum Gasteiger partial charge on any atom is -0.377 e. The quantitative estimate of drug-likeness (QED) is 0.748. The molecule has 146 valence electrons. The third kappa shape index (κ3) is 5.40. The Balaban J connectivity index is 1.61. The summed E-state index contributed by atoms with van der Waals surface area (Å²) < 4.78 is 11.0. The van der Waals surface area contributed by atoms with Crippen molar-refractivity contribution in [1.29, 1.82) is 0 Å². The van der Waals surface area contributed by atoms with Gasteiger partial charge in [0.2, 0.25) is 0 Å². The summed E-state index contributed by atoms with van der Waals surface area (Å²) in [7, 11) is 2.03. The molecular formula is C21H29N3O3. The fraction of sp³-hybridized carbons (Fsp3) is 0.524. The Kier molecular flexibility index (Phi) is 6.63. The smallest absolute Gasteiger partial charge is 0.276 e. The van der Waals surface area contributed by atoms with Crippen molar-refractivity contribution in [3.63, 3.8) is 0 Å². The van der Waals surface area contributed by atoms with Crippen LogP contribution in [0.5, 0.6) is 0 Å². The van der Waals surface area contributed by atoms with Gasteiger partial charge in [0.15, 0.2) is 11.5 Å². The van der Waals surface area contributed by atoms with Gasteiger partial charge in [-0.05, 0) is 24.9 Å². The zero-order chi connectivity index (χ0) is 19.2. The average molecular weight is 371 g/mol. The summed E-state index contributed by atoms with van der Waals surface area (Å²) in [6, 6.07) is 12.1. The molecule has 0 spiro atoms. The summed E-state index contributed by atoms with van der Waals surface area (Å²) in [5.74, 6) is 1.14. The maximum atomic E-state index is 12.9. The van der Waals surface area contributed by atoms with E-state index in [-0.39, 0.29) is 11.9 Å². The number of amides is 1. The molecule has 0 unspecified atom stereocenters. The van der Waals surface area contributed by atoms with Gasteiger partial charge >= 0.3 is 0 Å². The molecule has 1 aromatic carbocycles. The summed E-state index contributed by atoms with van der Waals surface area (Å²) >= 11 is 0.